The first kappa shape index (κ1) is 10.1. The fraction of sp³-hybridized carbons (Fsp3) is 0.250. The van der Waals surface area contributed by atoms with Crippen LogP contribution in [0.1, 0.15) is 31.4 Å². The molecule has 0 saturated carbocycles. The van der Waals surface area contributed by atoms with E-state index in [-0.39, 0.29) is 0 Å². The second-order valence-corrected chi connectivity index (χ2v) is 3.24. The third-order valence-corrected chi connectivity index (χ3v) is 2.35. The first-order valence-corrected chi connectivity index (χ1v) is 5.00. The molecular weight excluding hydrogens is 176 g/mol. The molecule has 0 bridgehead atoms. The zero-order chi connectivity index (χ0) is 9.84. The molecule has 0 N–H and O–H groups in total. The maximum Gasteiger partial charge on any atom is 0.0274 e. The van der Waals surface area contributed by atoms with Gasteiger partial charge in [0.1, 0.15) is 0 Å². The SMILES string of the molecule is C=C1CC(=S)c2ccccc21.CC. The summed E-state index contributed by atoms with van der Waals surface area (Å²) in [5.41, 5.74) is 3.59. The van der Waals surface area contributed by atoms with Crippen molar-refractivity contribution in [2.75, 3.05) is 0 Å². The van der Waals surface area contributed by atoms with Crippen LogP contribution in [0.3, 0.4) is 0 Å². The third kappa shape index (κ3) is 1.86. The van der Waals surface area contributed by atoms with Gasteiger partial charge in [0.05, 0.1) is 0 Å². The van der Waals surface area contributed by atoms with Crippen molar-refractivity contribution in [3.05, 3.63) is 42.0 Å². The smallest absolute Gasteiger partial charge is 0.0274 e. The fourth-order valence-electron chi connectivity index (χ4n) is 1.42. The van der Waals surface area contributed by atoms with Crippen molar-refractivity contribution in [1.82, 2.24) is 0 Å². The molecule has 0 unspecified atom stereocenters. The highest BCUT2D eigenvalue weighted by Gasteiger charge is 2.17. The lowest BCUT2D eigenvalue weighted by atomic mass is 10.1. The van der Waals surface area contributed by atoms with Gasteiger partial charge >= 0.3 is 0 Å². The van der Waals surface area contributed by atoms with Crippen LogP contribution in [0.4, 0.5) is 0 Å². The first-order chi connectivity index (χ1) is 6.29. The van der Waals surface area contributed by atoms with Gasteiger partial charge in [-0.2, -0.15) is 0 Å². The number of allylic oxidation sites excluding steroid dienone is 1. The summed E-state index contributed by atoms with van der Waals surface area (Å²) in [6, 6.07) is 8.19. The molecule has 0 saturated heterocycles. The Bertz CT molecular complexity index is 304. The summed E-state index contributed by atoms with van der Waals surface area (Å²) in [6.07, 6.45) is 0.870. The Morgan fingerprint density at radius 2 is 1.69 bits per heavy atom. The zero-order valence-corrected chi connectivity index (χ0v) is 8.95. The molecule has 1 aromatic rings. The van der Waals surface area contributed by atoms with E-state index >= 15 is 0 Å². The Morgan fingerprint density at radius 3 is 2.23 bits per heavy atom. The topological polar surface area (TPSA) is 0 Å². The Kier molecular flexibility index (Phi) is 3.38. The van der Waals surface area contributed by atoms with E-state index in [4.69, 9.17) is 12.2 Å². The molecule has 0 nitrogen and oxygen atoms in total. The highest BCUT2D eigenvalue weighted by molar-refractivity contribution is 7.81. The summed E-state index contributed by atoms with van der Waals surface area (Å²) < 4.78 is 0. The van der Waals surface area contributed by atoms with E-state index in [1.54, 1.807) is 0 Å². The molecule has 2 rings (SSSR count). The minimum Gasteiger partial charge on any atom is -0.0948 e. The average Bonchev–Trinajstić information content (AvgIpc) is 2.47. The van der Waals surface area contributed by atoms with Crippen LogP contribution in [0.2, 0.25) is 0 Å². The van der Waals surface area contributed by atoms with Crippen LogP contribution in [-0.4, -0.2) is 4.86 Å². The molecule has 0 atom stereocenters. The minimum absolute atomic E-state index is 0.870. The van der Waals surface area contributed by atoms with Gasteiger partial charge < -0.3 is 0 Å². The van der Waals surface area contributed by atoms with E-state index in [0.717, 1.165) is 16.9 Å². The molecule has 0 radical (unpaired) electrons. The van der Waals surface area contributed by atoms with Crippen molar-refractivity contribution >= 4 is 22.7 Å². The second-order valence-electron chi connectivity index (χ2n) is 2.75. The second kappa shape index (κ2) is 4.33. The van der Waals surface area contributed by atoms with E-state index in [0.29, 0.717) is 0 Å². The quantitative estimate of drug-likeness (QED) is 0.560. The molecule has 1 heteroatoms. The lowest BCUT2D eigenvalue weighted by molar-refractivity contribution is 1.50. The summed E-state index contributed by atoms with van der Waals surface area (Å²) in [5.74, 6) is 0. The predicted molar refractivity (Wildman–Crippen MR) is 63.1 cm³/mol. The molecular formula is C12H14S. The number of fused-ring (bicyclic) bond motifs is 1. The Labute approximate surface area is 85.3 Å². The van der Waals surface area contributed by atoms with Crippen LogP contribution in [0.25, 0.3) is 5.57 Å². The van der Waals surface area contributed by atoms with Crippen LogP contribution in [0.15, 0.2) is 30.8 Å². The van der Waals surface area contributed by atoms with Crippen molar-refractivity contribution < 1.29 is 0 Å². The lowest BCUT2D eigenvalue weighted by Crippen LogP contribution is -1.86. The number of hydrogen-bond acceptors (Lipinski definition) is 1. The van der Waals surface area contributed by atoms with Gasteiger partial charge in [-0.1, -0.05) is 56.9 Å². The van der Waals surface area contributed by atoms with Gasteiger partial charge in [0.2, 0.25) is 0 Å². The number of benzene rings is 1. The normalized spacial score (nSPS) is 13.4. The summed E-state index contributed by atoms with van der Waals surface area (Å²) in [5, 5.41) is 0. The number of hydrogen-bond donors (Lipinski definition) is 0. The number of thiocarbonyl (C=S) groups is 1. The molecule has 0 fully saturated rings. The molecule has 1 aliphatic carbocycles. The van der Waals surface area contributed by atoms with Crippen molar-refractivity contribution in [2.45, 2.75) is 20.3 Å². The van der Waals surface area contributed by atoms with Crippen molar-refractivity contribution in [2.24, 2.45) is 0 Å². The summed E-state index contributed by atoms with van der Waals surface area (Å²) in [6.45, 7) is 7.96. The molecule has 0 amide bonds. The molecule has 0 aromatic heterocycles. The van der Waals surface area contributed by atoms with E-state index < -0.39 is 0 Å². The summed E-state index contributed by atoms with van der Waals surface area (Å²) in [7, 11) is 0. The maximum absolute atomic E-state index is 5.19. The summed E-state index contributed by atoms with van der Waals surface area (Å²) >= 11 is 5.19. The molecule has 1 aliphatic rings. The van der Waals surface area contributed by atoms with Gasteiger partial charge in [0.25, 0.3) is 0 Å². The van der Waals surface area contributed by atoms with Gasteiger partial charge in [0.15, 0.2) is 0 Å². The Balaban J connectivity index is 0.000000396. The molecule has 0 aliphatic heterocycles. The average molecular weight is 190 g/mol. The van der Waals surface area contributed by atoms with Gasteiger partial charge in [-0.15, -0.1) is 0 Å². The molecule has 68 valence electrons. The van der Waals surface area contributed by atoms with E-state index in [1.807, 2.05) is 26.0 Å². The van der Waals surface area contributed by atoms with Gasteiger partial charge in [-0.05, 0) is 16.7 Å². The van der Waals surface area contributed by atoms with Crippen molar-refractivity contribution in [3.63, 3.8) is 0 Å². The van der Waals surface area contributed by atoms with E-state index in [1.165, 1.54) is 11.1 Å². The third-order valence-electron chi connectivity index (χ3n) is 1.98. The highest BCUT2D eigenvalue weighted by Crippen LogP contribution is 2.30. The van der Waals surface area contributed by atoms with Crippen LogP contribution in [0.5, 0.6) is 0 Å². The predicted octanol–water partition coefficient (Wildman–Crippen LogP) is 3.85. The van der Waals surface area contributed by atoms with Crippen LogP contribution in [0, 0.1) is 0 Å². The van der Waals surface area contributed by atoms with E-state index in [9.17, 15) is 0 Å². The van der Waals surface area contributed by atoms with Crippen LogP contribution >= 0.6 is 12.2 Å². The Morgan fingerprint density at radius 1 is 1.15 bits per heavy atom. The fourth-order valence-corrected chi connectivity index (χ4v) is 1.77. The van der Waals surface area contributed by atoms with Crippen LogP contribution < -0.4 is 0 Å². The monoisotopic (exact) mass is 190 g/mol. The highest BCUT2D eigenvalue weighted by atomic mass is 32.1. The van der Waals surface area contributed by atoms with E-state index in [2.05, 4.69) is 18.7 Å². The van der Waals surface area contributed by atoms with Gasteiger partial charge in [0, 0.05) is 11.3 Å². The van der Waals surface area contributed by atoms with Crippen LogP contribution in [-0.2, 0) is 0 Å². The lowest BCUT2D eigenvalue weighted by Gasteiger charge is -1.95. The molecule has 0 heterocycles. The van der Waals surface area contributed by atoms with Crippen molar-refractivity contribution in [3.8, 4) is 0 Å². The summed E-state index contributed by atoms with van der Waals surface area (Å²) in [4.78, 5) is 1.03. The standard InChI is InChI=1S/C10H8S.C2H6/c1-7-6-10(11)9-5-3-2-4-8(7)9;1-2/h2-5H,1,6H2;1-2H3. The molecule has 0 spiro atoms. The maximum atomic E-state index is 5.19. The first-order valence-electron chi connectivity index (χ1n) is 4.59. The minimum atomic E-state index is 0.870. The van der Waals surface area contributed by atoms with Gasteiger partial charge in [-0.25, -0.2) is 0 Å². The van der Waals surface area contributed by atoms with Gasteiger partial charge in [-0.3, -0.25) is 0 Å². The zero-order valence-electron chi connectivity index (χ0n) is 8.13. The largest absolute Gasteiger partial charge is 0.0948 e. The Hall–Kier alpha value is -0.950. The number of rotatable bonds is 0. The molecule has 13 heavy (non-hydrogen) atoms. The molecule has 1 aromatic carbocycles. The van der Waals surface area contributed by atoms with Crippen molar-refractivity contribution in [1.29, 1.82) is 0 Å².